The Morgan fingerprint density at radius 1 is 1.47 bits per heavy atom. The highest BCUT2D eigenvalue weighted by atomic mass is 16.6. The van der Waals surface area contributed by atoms with Crippen molar-refractivity contribution in [1.82, 2.24) is 4.57 Å². The van der Waals surface area contributed by atoms with Gasteiger partial charge in [-0.3, -0.25) is 14.9 Å². The van der Waals surface area contributed by atoms with Crippen molar-refractivity contribution in [3.05, 3.63) is 38.3 Å². The molecule has 0 saturated heterocycles. The molecule has 0 bridgehead atoms. The molecule has 1 aromatic heterocycles. The van der Waals surface area contributed by atoms with Gasteiger partial charge in [0.25, 0.3) is 0 Å². The first-order valence-electron chi connectivity index (χ1n) is 6.93. The van der Waals surface area contributed by atoms with Crippen molar-refractivity contribution in [3.63, 3.8) is 0 Å². The quantitative estimate of drug-likeness (QED) is 0.605. The second-order valence-electron chi connectivity index (χ2n) is 5.98. The Morgan fingerprint density at radius 3 is 2.63 bits per heavy atom. The fourth-order valence-electron chi connectivity index (χ4n) is 2.69. The molecule has 2 aliphatic carbocycles. The lowest BCUT2D eigenvalue weighted by Crippen LogP contribution is -2.26. The van der Waals surface area contributed by atoms with E-state index in [4.69, 9.17) is 0 Å². The van der Waals surface area contributed by atoms with Crippen LogP contribution in [-0.2, 0) is 6.54 Å². The maximum Gasteiger partial charge on any atom is 0.334 e. The number of hydrogen-bond donors (Lipinski definition) is 0. The van der Waals surface area contributed by atoms with Crippen molar-refractivity contribution in [1.29, 1.82) is 0 Å². The van der Waals surface area contributed by atoms with Crippen LogP contribution in [0.2, 0.25) is 0 Å². The third kappa shape index (κ3) is 2.29. The highest BCUT2D eigenvalue weighted by molar-refractivity contribution is 5.34. The summed E-state index contributed by atoms with van der Waals surface area (Å²) in [6, 6.07) is 1.47. The molecule has 0 amide bonds. The first-order chi connectivity index (χ1) is 9.04. The second-order valence-corrected chi connectivity index (χ2v) is 5.98. The van der Waals surface area contributed by atoms with E-state index in [0.29, 0.717) is 12.5 Å². The van der Waals surface area contributed by atoms with Crippen molar-refractivity contribution in [3.8, 4) is 0 Å². The molecule has 0 aliphatic heterocycles. The van der Waals surface area contributed by atoms with Crippen LogP contribution in [0.1, 0.15) is 50.5 Å². The molecule has 102 valence electrons. The van der Waals surface area contributed by atoms with E-state index in [1.165, 1.54) is 6.07 Å². The van der Waals surface area contributed by atoms with E-state index >= 15 is 0 Å². The Bertz CT molecular complexity index is 583. The van der Waals surface area contributed by atoms with E-state index < -0.39 is 10.5 Å². The Labute approximate surface area is 111 Å². The predicted octanol–water partition coefficient (Wildman–Crippen LogP) is 2.82. The molecule has 3 rings (SSSR count). The van der Waals surface area contributed by atoms with Gasteiger partial charge in [-0.25, -0.2) is 0 Å². The summed E-state index contributed by atoms with van der Waals surface area (Å²) in [5.41, 5.74) is 0.448. The van der Waals surface area contributed by atoms with Gasteiger partial charge in [0.05, 0.1) is 4.92 Å². The summed E-state index contributed by atoms with van der Waals surface area (Å²) in [5.74, 6) is 0.419. The summed E-state index contributed by atoms with van der Waals surface area (Å²) in [6.45, 7) is 2.75. The van der Waals surface area contributed by atoms with Crippen LogP contribution < -0.4 is 5.56 Å². The smallest absolute Gasteiger partial charge is 0.309 e. The number of nitro groups is 1. The topological polar surface area (TPSA) is 65.1 Å². The van der Waals surface area contributed by atoms with Gasteiger partial charge in [0.15, 0.2) is 0 Å². The average molecular weight is 262 g/mol. The molecular formula is C14H18N2O3. The zero-order chi connectivity index (χ0) is 13.6. The number of nitrogens with zero attached hydrogens (tertiary/aromatic N) is 2. The molecule has 5 nitrogen and oxygen atoms in total. The van der Waals surface area contributed by atoms with Gasteiger partial charge in [0.1, 0.15) is 0 Å². The van der Waals surface area contributed by atoms with Crippen LogP contribution >= 0.6 is 0 Å². The normalized spacial score (nSPS) is 20.3. The van der Waals surface area contributed by atoms with Crippen LogP contribution in [0, 0.1) is 15.5 Å². The van der Waals surface area contributed by atoms with E-state index in [1.807, 2.05) is 6.20 Å². The summed E-state index contributed by atoms with van der Waals surface area (Å²) in [7, 11) is 0. The minimum Gasteiger partial charge on any atom is -0.309 e. The molecule has 0 radical (unpaired) electrons. The highest BCUT2D eigenvalue weighted by Crippen LogP contribution is 2.50. The Balaban J connectivity index is 2.01. The summed E-state index contributed by atoms with van der Waals surface area (Å²) in [5, 5.41) is 11.0. The Morgan fingerprint density at radius 2 is 2.16 bits per heavy atom. The fourth-order valence-corrected chi connectivity index (χ4v) is 2.69. The van der Waals surface area contributed by atoms with Crippen LogP contribution in [0.25, 0.3) is 0 Å². The molecule has 0 spiro atoms. The van der Waals surface area contributed by atoms with Crippen LogP contribution in [0.4, 0.5) is 5.69 Å². The van der Waals surface area contributed by atoms with Gasteiger partial charge < -0.3 is 4.57 Å². The number of aromatic nitrogens is 1. The first kappa shape index (κ1) is 12.4. The molecule has 0 atom stereocenters. The molecule has 1 heterocycles. The highest BCUT2D eigenvalue weighted by Gasteiger charge is 2.41. The third-order valence-corrected chi connectivity index (χ3v) is 4.55. The van der Waals surface area contributed by atoms with E-state index in [0.717, 1.165) is 37.7 Å². The Hall–Kier alpha value is -1.65. The molecule has 5 heteroatoms. The van der Waals surface area contributed by atoms with Crippen molar-refractivity contribution >= 4 is 5.69 Å². The third-order valence-electron chi connectivity index (χ3n) is 4.55. The molecule has 2 aliphatic rings. The van der Waals surface area contributed by atoms with Crippen molar-refractivity contribution in [2.24, 2.45) is 5.41 Å². The SMILES string of the molecule is CCC1(Cn2cc(C3CC3)cc([N+](=O)[O-])c2=O)CC1. The molecule has 0 aromatic carbocycles. The van der Waals surface area contributed by atoms with Gasteiger partial charge in [0.2, 0.25) is 0 Å². The van der Waals surface area contributed by atoms with Gasteiger partial charge in [0, 0.05) is 18.8 Å². The average Bonchev–Trinajstić information content (AvgIpc) is 3.26. The maximum absolute atomic E-state index is 12.1. The molecule has 2 saturated carbocycles. The predicted molar refractivity (Wildman–Crippen MR) is 71.3 cm³/mol. The van der Waals surface area contributed by atoms with Gasteiger partial charge in [-0.1, -0.05) is 6.92 Å². The summed E-state index contributed by atoms with van der Waals surface area (Å²) < 4.78 is 1.59. The van der Waals surface area contributed by atoms with E-state index in [-0.39, 0.29) is 11.1 Å². The zero-order valence-corrected chi connectivity index (χ0v) is 11.1. The minimum atomic E-state index is -0.545. The lowest BCUT2D eigenvalue weighted by molar-refractivity contribution is -0.386. The Kier molecular flexibility index (Phi) is 2.73. The van der Waals surface area contributed by atoms with Crippen LogP contribution in [-0.4, -0.2) is 9.49 Å². The first-order valence-corrected chi connectivity index (χ1v) is 6.93. The molecule has 1 aromatic rings. The maximum atomic E-state index is 12.1. The molecular weight excluding hydrogens is 244 g/mol. The number of hydrogen-bond acceptors (Lipinski definition) is 3. The fraction of sp³-hybridized carbons (Fsp3) is 0.643. The van der Waals surface area contributed by atoms with Gasteiger partial charge in [-0.05, 0) is 49.0 Å². The van der Waals surface area contributed by atoms with Crippen LogP contribution in [0.15, 0.2) is 17.1 Å². The van der Waals surface area contributed by atoms with Gasteiger partial charge in [-0.2, -0.15) is 0 Å². The van der Waals surface area contributed by atoms with Gasteiger partial charge >= 0.3 is 11.2 Å². The molecule has 0 unspecified atom stereocenters. The van der Waals surface area contributed by atoms with E-state index in [2.05, 4.69) is 6.92 Å². The van der Waals surface area contributed by atoms with Crippen molar-refractivity contribution in [2.75, 3.05) is 0 Å². The summed E-state index contributed by atoms with van der Waals surface area (Å²) >= 11 is 0. The van der Waals surface area contributed by atoms with Gasteiger partial charge in [-0.15, -0.1) is 0 Å². The second kappa shape index (κ2) is 4.18. The van der Waals surface area contributed by atoms with Crippen molar-refractivity contribution < 1.29 is 4.92 Å². The van der Waals surface area contributed by atoms with Crippen molar-refractivity contribution in [2.45, 2.75) is 51.5 Å². The summed E-state index contributed by atoms with van der Waals surface area (Å²) in [6.07, 6.45) is 7.28. The van der Waals surface area contributed by atoms with Crippen LogP contribution in [0.5, 0.6) is 0 Å². The lowest BCUT2D eigenvalue weighted by Gasteiger charge is -2.15. The number of rotatable bonds is 5. The van der Waals surface area contributed by atoms with E-state index in [1.54, 1.807) is 4.57 Å². The monoisotopic (exact) mass is 262 g/mol. The van der Waals surface area contributed by atoms with Crippen LogP contribution in [0.3, 0.4) is 0 Å². The molecule has 2 fully saturated rings. The minimum absolute atomic E-state index is 0.208. The summed E-state index contributed by atoms with van der Waals surface area (Å²) in [4.78, 5) is 22.6. The number of pyridine rings is 1. The molecule has 19 heavy (non-hydrogen) atoms. The standard InChI is InChI=1S/C14H18N2O3/c1-2-14(5-6-14)9-15-8-11(10-3-4-10)7-12(13(15)17)16(18)19/h7-8,10H,2-6,9H2,1H3. The van der Waals surface area contributed by atoms with E-state index in [9.17, 15) is 14.9 Å². The molecule has 0 N–H and O–H groups in total. The zero-order valence-electron chi connectivity index (χ0n) is 11.1. The lowest BCUT2D eigenvalue weighted by atomic mass is 10.0. The largest absolute Gasteiger partial charge is 0.334 e.